The van der Waals surface area contributed by atoms with Crippen LogP contribution in [0.15, 0.2) is 42.9 Å². The van der Waals surface area contributed by atoms with Gasteiger partial charge in [-0.1, -0.05) is 31.7 Å². The van der Waals surface area contributed by atoms with Crippen LogP contribution >= 0.6 is 11.6 Å². The molecule has 3 fully saturated rings. The highest BCUT2D eigenvalue weighted by Gasteiger charge is 2.56. The minimum Gasteiger partial charge on any atom is -0.371 e. The maximum absolute atomic E-state index is 12.4. The molecule has 2 aromatic rings. The number of aryl methyl sites for hydroxylation is 1. The molecule has 3 aliphatic heterocycles. The normalized spacial score (nSPS) is 26.9. The molecule has 214 valence electrons. The van der Waals surface area contributed by atoms with E-state index >= 15 is 0 Å². The van der Waals surface area contributed by atoms with Gasteiger partial charge in [0, 0.05) is 84.6 Å². The summed E-state index contributed by atoms with van der Waals surface area (Å²) < 4.78 is 0. The minimum absolute atomic E-state index is 0.0635. The molecule has 2 saturated heterocycles. The van der Waals surface area contributed by atoms with Gasteiger partial charge in [-0.2, -0.15) is 5.10 Å². The summed E-state index contributed by atoms with van der Waals surface area (Å²) in [7, 11) is 0. The van der Waals surface area contributed by atoms with E-state index in [1.54, 1.807) is 6.92 Å². The zero-order chi connectivity index (χ0) is 28.6. The van der Waals surface area contributed by atoms with Gasteiger partial charge in [-0.15, -0.1) is 0 Å². The summed E-state index contributed by atoms with van der Waals surface area (Å²) in [5.41, 5.74) is 10.7. The number of hydrogen-bond donors (Lipinski definition) is 2. The predicted molar refractivity (Wildman–Crippen MR) is 161 cm³/mol. The average Bonchev–Trinajstić information content (AvgIpc) is 3.47. The van der Waals surface area contributed by atoms with Crippen molar-refractivity contribution in [3.63, 3.8) is 0 Å². The number of benzene rings is 1. The Hall–Kier alpha value is -2.81. The van der Waals surface area contributed by atoms with Crippen molar-refractivity contribution in [1.29, 1.82) is 0 Å². The van der Waals surface area contributed by atoms with Gasteiger partial charge in [0.15, 0.2) is 0 Å². The lowest BCUT2D eigenvalue weighted by atomic mass is 9.60. The third-order valence-corrected chi connectivity index (χ3v) is 10.7. The van der Waals surface area contributed by atoms with Gasteiger partial charge in [0.1, 0.15) is 6.17 Å². The molecule has 1 aromatic heterocycles. The number of aromatic nitrogens is 2. The van der Waals surface area contributed by atoms with Gasteiger partial charge in [-0.25, -0.2) is 5.43 Å². The second-order valence-corrected chi connectivity index (χ2v) is 13.1. The first-order chi connectivity index (χ1) is 19.0. The molecule has 0 unspecified atom stereocenters. The first kappa shape index (κ1) is 27.4. The van der Waals surface area contributed by atoms with Crippen LogP contribution in [-0.4, -0.2) is 86.3 Å². The topological polar surface area (TPSA) is 70.7 Å². The second kappa shape index (κ2) is 9.64. The average molecular weight is 564 g/mol. The van der Waals surface area contributed by atoms with Gasteiger partial charge >= 0.3 is 0 Å². The van der Waals surface area contributed by atoms with Gasteiger partial charge in [-0.05, 0) is 57.7 Å². The van der Waals surface area contributed by atoms with Crippen molar-refractivity contribution in [2.45, 2.75) is 71.6 Å². The molecule has 0 radical (unpaired) electrons. The Bertz CT molecular complexity index is 1410. The van der Waals surface area contributed by atoms with E-state index in [2.05, 4.69) is 77.4 Å². The standard InChI is InChI=1S/C31H42ClN7O/c1-8-20(4)37-17-31(18-37)13-23(14-31)39-21(5)26(27-24-15-33-34-25(24)12-19(3)28(27)32)29(35-39)38-11-10-36(22(6)40)16-30(38,7)9-2/h8,12,15,23,29,35H,1,4,9-11,13-14,16-18H2,2-3,5-7H3,(H,33,34)/t29-,30-/m0/s1. The fourth-order valence-corrected chi connectivity index (χ4v) is 7.85. The smallest absolute Gasteiger partial charge is 0.219 e. The molecule has 8 nitrogen and oxygen atoms in total. The van der Waals surface area contributed by atoms with E-state index in [0.717, 1.165) is 71.6 Å². The van der Waals surface area contributed by atoms with E-state index < -0.39 is 0 Å². The lowest BCUT2D eigenvalue weighted by Crippen LogP contribution is -2.69. The minimum atomic E-state index is -0.185. The largest absolute Gasteiger partial charge is 0.371 e. The number of rotatable bonds is 6. The second-order valence-electron chi connectivity index (χ2n) is 12.7. The number of H-pyrrole nitrogens is 1. The highest BCUT2D eigenvalue weighted by Crippen LogP contribution is 2.53. The number of fused-ring (bicyclic) bond motifs is 1. The lowest BCUT2D eigenvalue weighted by Gasteiger charge is -2.62. The van der Waals surface area contributed by atoms with Crippen molar-refractivity contribution in [3.05, 3.63) is 59.0 Å². The third kappa shape index (κ3) is 4.10. The molecule has 9 heteroatoms. The van der Waals surface area contributed by atoms with Crippen LogP contribution in [0.5, 0.6) is 0 Å². The summed E-state index contributed by atoms with van der Waals surface area (Å²) in [6.45, 7) is 22.8. The Morgan fingerprint density at radius 3 is 2.60 bits per heavy atom. The van der Waals surface area contributed by atoms with Crippen molar-refractivity contribution >= 4 is 34.0 Å². The number of carbonyl (C=O) groups excluding carboxylic acids is 1. The molecule has 2 atom stereocenters. The number of halogens is 1. The summed E-state index contributed by atoms with van der Waals surface area (Å²) in [4.78, 5) is 19.3. The summed E-state index contributed by atoms with van der Waals surface area (Å²) in [6.07, 6.45) is 6.91. The number of nitrogens with one attached hydrogen (secondary N) is 2. The van der Waals surface area contributed by atoms with Crippen molar-refractivity contribution in [2.24, 2.45) is 5.41 Å². The monoisotopic (exact) mass is 563 g/mol. The Morgan fingerprint density at radius 2 is 1.95 bits per heavy atom. The fraction of sp³-hybridized carbons (Fsp3) is 0.548. The maximum atomic E-state index is 12.4. The molecule has 4 heterocycles. The van der Waals surface area contributed by atoms with Gasteiger partial charge in [0.2, 0.25) is 5.91 Å². The number of allylic oxidation sites excluding steroid dienone is 2. The summed E-state index contributed by atoms with van der Waals surface area (Å²) in [6, 6.07) is 2.49. The molecule has 6 rings (SSSR count). The summed E-state index contributed by atoms with van der Waals surface area (Å²) in [5.74, 6) is 0.141. The number of hydrogen-bond acceptors (Lipinski definition) is 6. The molecular weight excluding hydrogens is 522 g/mol. The van der Waals surface area contributed by atoms with Gasteiger partial charge < -0.3 is 14.8 Å². The molecule has 1 saturated carbocycles. The fourth-order valence-electron chi connectivity index (χ4n) is 7.59. The highest BCUT2D eigenvalue weighted by molar-refractivity contribution is 6.34. The van der Waals surface area contributed by atoms with Gasteiger partial charge in [0.25, 0.3) is 0 Å². The van der Waals surface area contributed by atoms with Crippen LogP contribution in [0.2, 0.25) is 5.02 Å². The molecule has 1 amide bonds. The van der Waals surface area contributed by atoms with Crippen LogP contribution in [0.1, 0.15) is 58.1 Å². The molecule has 1 spiro atoms. The van der Waals surface area contributed by atoms with Crippen molar-refractivity contribution in [2.75, 3.05) is 32.7 Å². The number of likely N-dealkylation sites (tertiary alicyclic amines) is 1. The van der Waals surface area contributed by atoms with Crippen molar-refractivity contribution in [1.82, 2.24) is 35.3 Å². The van der Waals surface area contributed by atoms with Crippen LogP contribution in [0.3, 0.4) is 0 Å². The predicted octanol–water partition coefficient (Wildman–Crippen LogP) is 4.90. The zero-order valence-corrected chi connectivity index (χ0v) is 25.2. The lowest BCUT2D eigenvalue weighted by molar-refractivity contribution is -0.136. The van der Waals surface area contributed by atoms with E-state index in [1.165, 1.54) is 11.3 Å². The van der Waals surface area contributed by atoms with Crippen molar-refractivity contribution < 1.29 is 4.79 Å². The SMILES string of the molecule is C=CC(=C)N1CC2(CC(N3N[C@@H](N4CCN(C(C)=O)C[C@]4(C)CC)C(c4c(Cl)c(C)cc5[nH]ncc45)=C3C)C2)C1. The van der Waals surface area contributed by atoms with E-state index in [9.17, 15) is 4.79 Å². The van der Waals surface area contributed by atoms with Crippen LogP contribution in [0.4, 0.5) is 0 Å². The molecule has 1 aromatic carbocycles. The van der Waals surface area contributed by atoms with Crippen molar-refractivity contribution in [3.8, 4) is 0 Å². The molecule has 0 bridgehead atoms. The zero-order valence-electron chi connectivity index (χ0n) is 24.5. The number of aromatic amines is 1. The molecule has 2 N–H and O–H groups in total. The van der Waals surface area contributed by atoms with Crippen LogP contribution < -0.4 is 5.43 Å². The number of carbonyl (C=O) groups is 1. The highest BCUT2D eigenvalue weighted by atomic mass is 35.5. The van der Waals surface area contributed by atoms with E-state index in [4.69, 9.17) is 11.6 Å². The summed E-state index contributed by atoms with van der Waals surface area (Å²) in [5, 5.41) is 11.8. The number of nitrogens with zero attached hydrogens (tertiary/aromatic N) is 5. The molecule has 4 aliphatic rings. The van der Waals surface area contributed by atoms with Crippen LogP contribution in [0, 0.1) is 12.3 Å². The molecule has 1 aliphatic carbocycles. The van der Waals surface area contributed by atoms with E-state index in [0.29, 0.717) is 24.5 Å². The number of hydrazine groups is 1. The maximum Gasteiger partial charge on any atom is 0.219 e. The molecular formula is C31H42ClN7O. The van der Waals surface area contributed by atoms with Crippen LogP contribution in [0.25, 0.3) is 16.5 Å². The van der Waals surface area contributed by atoms with E-state index in [1.807, 2.05) is 17.2 Å². The Balaban J connectivity index is 1.37. The summed E-state index contributed by atoms with van der Waals surface area (Å²) >= 11 is 7.14. The van der Waals surface area contributed by atoms with Gasteiger partial charge in [-0.3, -0.25) is 14.8 Å². The quantitative estimate of drug-likeness (QED) is 0.487. The Morgan fingerprint density at radius 1 is 1.23 bits per heavy atom. The Labute approximate surface area is 242 Å². The first-order valence-corrected chi connectivity index (χ1v) is 14.9. The van der Waals surface area contributed by atoms with Gasteiger partial charge in [0.05, 0.1) is 16.7 Å². The molecule has 40 heavy (non-hydrogen) atoms. The Kier molecular flexibility index (Phi) is 6.59. The van der Waals surface area contributed by atoms with Crippen LogP contribution in [-0.2, 0) is 4.79 Å². The number of amides is 1. The third-order valence-electron chi connectivity index (χ3n) is 10.2. The first-order valence-electron chi connectivity index (χ1n) is 14.5. The van der Waals surface area contributed by atoms with E-state index in [-0.39, 0.29) is 17.6 Å². The number of piperazine rings is 1.